The zero-order chi connectivity index (χ0) is 12.7. The second kappa shape index (κ2) is 8.25. The van der Waals surface area contributed by atoms with E-state index in [2.05, 4.69) is 26.1 Å². The van der Waals surface area contributed by atoms with Gasteiger partial charge in [-0.25, -0.2) is 0 Å². The fourth-order valence-electron chi connectivity index (χ4n) is 2.97. The van der Waals surface area contributed by atoms with Crippen LogP contribution in [0.5, 0.6) is 0 Å². The van der Waals surface area contributed by atoms with E-state index in [0.717, 1.165) is 19.4 Å². The largest absolute Gasteiger partial charge is 0.313 e. The first kappa shape index (κ1) is 15.2. The van der Waals surface area contributed by atoms with E-state index in [-0.39, 0.29) is 0 Å². The smallest absolute Gasteiger partial charge is 0.0501 e. The summed E-state index contributed by atoms with van der Waals surface area (Å²) in [7, 11) is -0.629. The third-order valence-electron chi connectivity index (χ3n) is 3.85. The predicted molar refractivity (Wildman–Crippen MR) is 76.9 cm³/mol. The van der Waals surface area contributed by atoms with E-state index in [9.17, 15) is 4.21 Å². The highest BCUT2D eigenvalue weighted by molar-refractivity contribution is 7.86. The fourth-order valence-corrected chi connectivity index (χ4v) is 5.15. The molecular formula is C14H29NOS. The molecule has 1 aliphatic carbocycles. The Morgan fingerprint density at radius 3 is 2.35 bits per heavy atom. The van der Waals surface area contributed by atoms with Gasteiger partial charge in [0.1, 0.15) is 0 Å². The van der Waals surface area contributed by atoms with Crippen molar-refractivity contribution in [1.29, 1.82) is 0 Å². The molecule has 3 heteroatoms. The Morgan fingerprint density at radius 1 is 1.24 bits per heavy atom. The first-order valence-corrected chi connectivity index (χ1v) is 8.64. The molecule has 0 aromatic carbocycles. The van der Waals surface area contributed by atoms with Gasteiger partial charge < -0.3 is 5.32 Å². The van der Waals surface area contributed by atoms with Crippen molar-refractivity contribution in [1.82, 2.24) is 5.32 Å². The van der Waals surface area contributed by atoms with Crippen LogP contribution in [-0.4, -0.2) is 27.3 Å². The standard InChI is InChI=1S/C14H29NOS/c1-4-9-13(15-6-3)14(5-2)17(16)12-10-7-8-11-12/h12-15H,4-11H2,1-3H3. The first-order valence-electron chi connectivity index (χ1n) is 7.37. The Kier molecular flexibility index (Phi) is 7.36. The molecule has 0 aromatic rings. The van der Waals surface area contributed by atoms with Crippen molar-refractivity contribution in [2.45, 2.75) is 82.3 Å². The topological polar surface area (TPSA) is 29.1 Å². The van der Waals surface area contributed by atoms with Gasteiger partial charge in [0.05, 0.1) is 5.25 Å². The molecule has 1 aliphatic rings. The highest BCUT2D eigenvalue weighted by Crippen LogP contribution is 2.27. The lowest BCUT2D eigenvalue weighted by Gasteiger charge is -2.28. The molecule has 0 saturated heterocycles. The summed E-state index contributed by atoms with van der Waals surface area (Å²) >= 11 is 0. The van der Waals surface area contributed by atoms with Gasteiger partial charge in [-0.1, -0.05) is 40.0 Å². The average molecular weight is 259 g/mol. The van der Waals surface area contributed by atoms with Gasteiger partial charge in [0.25, 0.3) is 0 Å². The number of nitrogens with one attached hydrogen (secondary N) is 1. The summed E-state index contributed by atoms with van der Waals surface area (Å²) < 4.78 is 12.6. The minimum Gasteiger partial charge on any atom is -0.313 e. The molecule has 0 spiro atoms. The molecule has 0 bridgehead atoms. The maximum absolute atomic E-state index is 12.6. The normalized spacial score (nSPS) is 22.5. The van der Waals surface area contributed by atoms with Crippen molar-refractivity contribution < 1.29 is 4.21 Å². The molecule has 3 unspecified atom stereocenters. The van der Waals surface area contributed by atoms with Gasteiger partial charge >= 0.3 is 0 Å². The molecule has 0 aliphatic heterocycles. The summed E-state index contributed by atoms with van der Waals surface area (Å²) in [6, 6.07) is 0.455. The van der Waals surface area contributed by atoms with E-state index in [1.807, 2.05) is 0 Å². The molecule has 0 amide bonds. The van der Waals surface area contributed by atoms with Crippen molar-refractivity contribution in [2.75, 3.05) is 6.54 Å². The van der Waals surface area contributed by atoms with Crippen LogP contribution in [0, 0.1) is 0 Å². The zero-order valence-electron chi connectivity index (χ0n) is 11.7. The molecular weight excluding hydrogens is 230 g/mol. The van der Waals surface area contributed by atoms with Crippen molar-refractivity contribution in [3.63, 3.8) is 0 Å². The fraction of sp³-hybridized carbons (Fsp3) is 1.00. The van der Waals surface area contributed by atoms with Crippen LogP contribution >= 0.6 is 0 Å². The van der Waals surface area contributed by atoms with Crippen LogP contribution in [0.2, 0.25) is 0 Å². The number of hydrogen-bond acceptors (Lipinski definition) is 2. The van der Waals surface area contributed by atoms with Gasteiger partial charge in [-0.2, -0.15) is 0 Å². The summed E-state index contributed by atoms with van der Waals surface area (Å²) in [4.78, 5) is 0. The first-order chi connectivity index (χ1) is 8.24. The molecule has 1 fully saturated rings. The monoisotopic (exact) mass is 259 g/mol. The van der Waals surface area contributed by atoms with E-state index >= 15 is 0 Å². The molecule has 1 N–H and O–H groups in total. The molecule has 0 radical (unpaired) electrons. The summed E-state index contributed by atoms with van der Waals surface area (Å²) in [6.45, 7) is 7.55. The molecule has 3 atom stereocenters. The Bertz CT molecular complexity index is 220. The summed E-state index contributed by atoms with van der Waals surface area (Å²) in [5, 5.41) is 4.39. The lowest BCUT2D eigenvalue weighted by Crippen LogP contribution is -2.44. The molecule has 0 heterocycles. The number of hydrogen-bond donors (Lipinski definition) is 1. The minimum atomic E-state index is -0.629. The van der Waals surface area contributed by atoms with Crippen LogP contribution in [0.4, 0.5) is 0 Å². The van der Waals surface area contributed by atoms with Gasteiger partial charge in [-0.15, -0.1) is 0 Å². The molecule has 102 valence electrons. The highest BCUT2D eigenvalue weighted by Gasteiger charge is 2.31. The summed E-state index contributed by atoms with van der Waals surface area (Å²) in [5.74, 6) is 0. The lowest BCUT2D eigenvalue weighted by atomic mass is 10.1. The van der Waals surface area contributed by atoms with Crippen molar-refractivity contribution in [3.8, 4) is 0 Å². The van der Waals surface area contributed by atoms with E-state index in [1.165, 1.54) is 32.1 Å². The molecule has 2 nitrogen and oxygen atoms in total. The SMILES string of the molecule is CCCC(NCC)C(CC)S(=O)C1CCCC1. The lowest BCUT2D eigenvalue weighted by molar-refractivity contribution is 0.456. The Labute approximate surface area is 109 Å². The maximum atomic E-state index is 12.6. The van der Waals surface area contributed by atoms with Crippen LogP contribution in [-0.2, 0) is 10.8 Å². The van der Waals surface area contributed by atoms with E-state index in [0.29, 0.717) is 16.5 Å². The van der Waals surface area contributed by atoms with Gasteiger partial charge in [0, 0.05) is 22.1 Å². The quantitative estimate of drug-likeness (QED) is 0.725. The van der Waals surface area contributed by atoms with Gasteiger partial charge in [-0.3, -0.25) is 4.21 Å². The maximum Gasteiger partial charge on any atom is 0.0501 e. The second-order valence-electron chi connectivity index (χ2n) is 5.13. The average Bonchev–Trinajstić information content (AvgIpc) is 2.84. The van der Waals surface area contributed by atoms with Crippen molar-refractivity contribution >= 4 is 10.8 Å². The second-order valence-corrected chi connectivity index (χ2v) is 7.06. The van der Waals surface area contributed by atoms with E-state index in [1.54, 1.807) is 0 Å². The Hall–Kier alpha value is 0.110. The Morgan fingerprint density at radius 2 is 1.88 bits per heavy atom. The van der Waals surface area contributed by atoms with Crippen molar-refractivity contribution in [2.24, 2.45) is 0 Å². The third kappa shape index (κ3) is 4.36. The third-order valence-corrected chi connectivity index (χ3v) is 6.23. The molecule has 17 heavy (non-hydrogen) atoms. The van der Waals surface area contributed by atoms with Crippen LogP contribution in [0.25, 0.3) is 0 Å². The number of rotatable bonds is 8. The Balaban J connectivity index is 2.61. The van der Waals surface area contributed by atoms with Crippen LogP contribution in [0.1, 0.15) is 65.7 Å². The van der Waals surface area contributed by atoms with Crippen LogP contribution < -0.4 is 5.32 Å². The van der Waals surface area contributed by atoms with Crippen LogP contribution in [0.3, 0.4) is 0 Å². The van der Waals surface area contributed by atoms with Gasteiger partial charge in [-0.05, 0) is 32.2 Å². The van der Waals surface area contributed by atoms with E-state index < -0.39 is 10.8 Å². The molecule has 1 rings (SSSR count). The predicted octanol–water partition coefficient (Wildman–Crippen LogP) is 3.23. The summed E-state index contributed by atoms with van der Waals surface area (Å²) in [5.41, 5.74) is 0. The van der Waals surface area contributed by atoms with E-state index in [4.69, 9.17) is 0 Å². The summed E-state index contributed by atoms with van der Waals surface area (Å²) in [6.07, 6.45) is 8.32. The van der Waals surface area contributed by atoms with Gasteiger partial charge in [0.15, 0.2) is 0 Å². The zero-order valence-corrected chi connectivity index (χ0v) is 12.5. The minimum absolute atomic E-state index is 0.359. The van der Waals surface area contributed by atoms with Crippen LogP contribution in [0.15, 0.2) is 0 Å². The van der Waals surface area contributed by atoms with Crippen molar-refractivity contribution in [3.05, 3.63) is 0 Å². The van der Waals surface area contributed by atoms with Gasteiger partial charge in [0.2, 0.25) is 0 Å². The molecule has 1 saturated carbocycles. The molecule has 0 aromatic heterocycles. The highest BCUT2D eigenvalue weighted by atomic mass is 32.2.